The van der Waals surface area contributed by atoms with E-state index in [-0.39, 0.29) is 12.4 Å². The molecule has 0 radical (unpaired) electrons. The molecule has 1 fully saturated rings. The van der Waals surface area contributed by atoms with E-state index in [9.17, 15) is 4.79 Å². The fourth-order valence-corrected chi connectivity index (χ4v) is 2.53. The molecule has 6 heteroatoms. The highest BCUT2D eigenvalue weighted by atomic mass is 79.9. The summed E-state index contributed by atoms with van der Waals surface area (Å²) in [6, 6.07) is 5.41. The van der Waals surface area contributed by atoms with Gasteiger partial charge in [0.2, 0.25) is 5.89 Å². The standard InChI is InChI=1S/C17H19BrN2O3/c1-17(2,3)15(21)12-8-11(18)6-7-13(12)22-9-14-19-20-16(23-14)10-4-5-10/h6-8,10H,4-5,9H2,1-3H3. The molecule has 1 aliphatic rings. The number of rotatable bonds is 5. The zero-order chi connectivity index (χ0) is 16.6. The Morgan fingerprint density at radius 2 is 2.09 bits per heavy atom. The molecular weight excluding hydrogens is 360 g/mol. The van der Waals surface area contributed by atoms with Crippen LogP contribution in [0.3, 0.4) is 0 Å². The molecule has 0 atom stereocenters. The number of ether oxygens (including phenoxy) is 1. The van der Waals surface area contributed by atoms with Crippen LogP contribution in [0.25, 0.3) is 0 Å². The number of hydrogen-bond donors (Lipinski definition) is 0. The number of halogens is 1. The van der Waals surface area contributed by atoms with E-state index >= 15 is 0 Å². The Balaban J connectivity index is 1.77. The van der Waals surface area contributed by atoms with Gasteiger partial charge in [-0.1, -0.05) is 36.7 Å². The molecule has 0 aliphatic heterocycles. The Morgan fingerprint density at radius 3 is 2.74 bits per heavy atom. The van der Waals surface area contributed by atoms with Crippen LogP contribution < -0.4 is 4.74 Å². The van der Waals surface area contributed by atoms with Crippen molar-refractivity contribution >= 4 is 21.7 Å². The lowest BCUT2D eigenvalue weighted by Crippen LogP contribution is -2.21. The molecular formula is C17H19BrN2O3. The van der Waals surface area contributed by atoms with Gasteiger partial charge in [0.25, 0.3) is 5.89 Å². The lowest BCUT2D eigenvalue weighted by molar-refractivity contribution is 0.0852. The van der Waals surface area contributed by atoms with Crippen LogP contribution in [-0.2, 0) is 6.61 Å². The van der Waals surface area contributed by atoms with E-state index in [0.29, 0.717) is 29.0 Å². The fourth-order valence-electron chi connectivity index (χ4n) is 2.17. The van der Waals surface area contributed by atoms with Crippen LogP contribution in [0.15, 0.2) is 27.1 Å². The number of hydrogen-bond acceptors (Lipinski definition) is 5. The zero-order valence-electron chi connectivity index (χ0n) is 13.4. The predicted molar refractivity (Wildman–Crippen MR) is 88.5 cm³/mol. The van der Waals surface area contributed by atoms with Gasteiger partial charge in [-0.25, -0.2) is 0 Å². The topological polar surface area (TPSA) is 65.2 Å². The van der Waals surface area contributed by atoms with E-state index in [2.05, 4.69) is 26.1 Å². The van der Waals surface area contributed by atoms with Crippen molar-refractivity contribution in [2.45, 2.75) is 46.1 Å². The molecule has 1 aromatic carbocycles. The van der Waals surface area contributed by atoms with Gasteiger partial charge in [-0.05, 0) is 31.0 Å². The lowest BCUT2D eigenvalue weighted by atomic mass is 9.86. The van der Waals surface area contributed by atoms with Crippen molar-refractivity contribution in [1.82, 2.24) is 10.2 Å². The largest absolute Gasteiger partial charge is 0.483 e. The Labute approximate surface area is 143 Å². The second-order valence-electron chi connectivity index (χ2n) is 6.82. The first-order chi connectivity index (χ1) is 10.8. The van der Waals surface area contributed by atoms with Gasteiger partial charge in [0, 0.05) is 15.8 Å². The maximum absolute atomic E-state index is 12.6. The van der Waals surface area contributed by atoms with Gasteiger partial charge in [0.1, 0.15) is 5.75 Å². The summed E-state index contributed by atoms with van der Waals surface area (Å²) in [5, 5.41) is 8.03. The van der Waals surface area contributed by atoms with Crippen molar-refractivity contribution in [3.63, 3.8) is 0 Å². The fraction of sp³-hybridized carbons (Fsp3) is 0.471. The average Bonchev–Trinajstić information content (AvgIpc) is 3.23. The minimum atomic E-state index is -0.484. The number of Topliss-reactive ketones (excluding diaryl/α,β-unsaturated/α-hetero) is 1. The van der Waals surface area contributed by atoms with Gasteiger partial charge >= 0.3 is 0 Å². The Bertz CT molecular complexity index is 730. The first-order valence-corrected chi connectivity index (χ1v) is 8.43. The molecule has 1 aliphatic carbocycles. The molecule has 1 heterocycles. The van der Waals surface area contributed by atoms with Crippen LogP contribution in [0.2, 0.25) is 0 Å². The molecule has 122 valence electrons. The van der Waals surface area contributed by atoms with Crippen molar-refractivity contribution in [1.29, 1.82) is 0 Å². The summed E-state index contributed by atoms with van der Waals surface area (Å²) in [4.78, 5) is 12.6. The number of carbonyl (C=O) groups is 1. The van der Waals surface area contributed by atoms with Crippen LogP contribution >= 0.6 is 15.9 Å². The number of aromatic nitrogens is 2. The first kappa shape index (κ1) is 16.2. The van der Waals surface area contributed by atoms with Gasteiger partial charge in [-0.3, -0.25) is 4.79 Å². The molecule has 0 unspecified atom stereocenters. The van der Waals surface area contributed by atoms with Crippen LogP contribution in [0.5, 0.6) is 5.75 Å². The van der Waals surface area contributed by atoms with Crippen molar-refractivity contribution in [3.8, 4) is 5.75 Å². The highest BCUT2D eigenvalue weighted by molar-refractivity contribution is 9.10. The molecule has 0 N–H and O–H groups in total. The summed E-state index contributed by atoms with van der Waals surface area (Å²) in [5.74, 6) is 2.09. The van der Waals surface area contributed by atoms with E-state index in [1.165, 1.54) is 0 Å². The molecule has 0 amide bonds. The summed E-state index contributed by atoms with van der Waals surface area (Å²) in [5.41, 5.74) is 0.0662. The molecule has 0 bridgehead atoms. The third-order valence-electron chi connectivity index (χ3n) is 3.63. The molecule has 1 saturated carbocycles. The van der Waals surface area contributed by atoms with Gasteiger partial charge in [-0.2, -0.15) is 0 Å². The lowest BCUT2D eigenvalue weighted by Gasteiger charge is -2.19. The molecule has 23 heavy (non-hydrogen) atoms. The number of carbonyl (C=O) groups excluding carboxylic acids is 1. The second-order valence-corrected chi connectivity index (χ2v) is 7.73. The van der Waals surface area contributed by atoms with E-state index in [4.69, 9.17) is 9.15 Å². The summed E-state index contributed by atoms with van der Waals surface area (Å²) in [6.45, 7) is 5.82. The summed E-state index contributed by atoms with van der Waals surface area (Å²) in [7, 11) is 0. The van der Waals surface area contributed by atoms with E-state index in [0.717, 1.165) is 17.3 Å². The summed E-state index contributed by atoms with van der Waals surface area (Å²) in [6.07, 6.45) is 2.22. The van der Waals surface area contributed by atoms with Crippen LogP contribution in [0, 0.1) is 5.41 Å². The molecule has 3 rings (SSSR count). The van der Waals surface area contributed by atoms with Crippen molar-refractivity contribution in [2.24, 2.45) is 5.41 Å². The summed E-state index contributed by atoms with van der Waals surface area (Å²) < 4.78 is 12.2. The monoisotopic (exact) mass is 378 g/mol. The predicted octanol–water partition coefficient (Wildman–Crippen LogP) is 4.52. The Hall–Kier alpha value is -1.69. The second kappa shape index (κ2) is 6.07. The Kier molecular flexibility index (Phi) is 4.27. The maximum Gasteiger partial charge on any atom is 0.253 e. The first-order valence-electron chi connectivity index (χ1n) is 7.64. The third-order valence-corrected chi connectivity index (χ3v) is 4.12. The van der Waals surface area contributed by atoms with Crippen LogP contribution in [0.1, 0.15) is 61.7 Å². The van der Waals surface area contributed by atoms with Crippen molar-refractivity contribution in [2.75, 3.05) is 0 Å². The highest BCUT2D eigenvalue weighted by Crippen LogP contribution is 2.39. The number of ketones is 1. The molecule has 0 saturated heterocycles. The molecule has 5 nitrogen and oxygen atoms in total. The van der Waals surface area contributed by atoms with Crippen molar-refractivity contribution < 1.29 is 13.9 Å². The SMILES string of the molecule is CC(C)(C)C(=O)c1cc(Br)ccc1OCc1nnc(C2CC2)o1. The molecule has 1 aromatic heterocycles. The molecule has 0 spiro atoms. The number of benzene rings is 1. The molecule has 2 aromatic rings. The van der Waals surface area contributed by atoms with Crippen LogP contribution in [0.4, 0.5) is 0 Å². The average molecular weight is 379 g/mol. The van der Waals surface area contributed by atoms with Gasteiger partial charge in [-0.15, -0.1) is 10.2 Å². The minimum absolute atomic E-state index is 0.0259. The van der Waals surface area contributed by atoms with Gasteiger partial charge in [0.05, 0.1) is 5.56 Å². The van der Waals surface area contributed by atoms with E-state index < -0.39 is 5.41 Å². The van der Waals surface area contributed by atoms with Gasteiger partial charge < -0.3 is 9.15 Å². The maximum atomic E-state index is 12.6. The highest BCUT2D eigenvalue weighted by Gasteiger charge is 2.30. The zero-order valence-corrected chi connectivity index (χ0v) is 15.0. The van der Waals surface area contributed by atoms with E-state index in [1.54, 1.807) is 12.1 Å². The van der Waals surface area contributed by atoms with Gasteiger partial charge in [0.15, 0.2) is 12.4 Å². The minimum Gasteiger partial charge on any atom is -0.483 e. The van der Waals surface area contributed by atoms with E-state index in [1.807, 2.05) is 26.8 Å². The van der Waals surface area contributed by atoms with Crippen molar-refractivity contribution in [3.05, 3.63) is 40.0 Å². The smallest absolute Gasteiger partial charge is 0.253 e. The van der Waals surface area contributed by atoms with Crippen LogP contribution in [-0.4, -0.2) is 16.0 Å². The normalized spacial score (nSPS) is 14.8. The quantitative estimate of drug-likeness (QED) is 0.715. The number of nitrogens with zero attached hydrogens (tertiary/aromatic N) is 2. The third kappa shape index (κ3) is 3.80. The summed E-state index contributed by atoms with van der Waals surface area (Å²) >= 11 is 3.40. The Morgan fingerprint density at radius 1 is 1.35 bits per heavy atom.